The number of fused-ring (bicyclic) bond motifs is 1. The molecule has 3 N–H and O–H groups in total. The summed E-state index contributed by atoms with van der Waals surface area (Å²) in [5.41, 5.74) is 7.89. The van der Waals surface area contributed by atoms with Crippen molar-refractivity contribution in [3.8, 4) is 5.75 Å². The number of ether oxygens (including phenoxy) is 1. The van der Waals surface area contributed by atoms with E-state index in [0.29, 0.717) is 30.9 Å². The number of rotatable bonds is 6. The summed E-state index contributed by atoms with van der Waals surface area (Å²) in [5, 5.41) is 10.1. The zero-order valence-corrected chi connectivity index (χ0v) is 19.8. The van der Waals surface area contributed by atoms with Gasteiger partial charge in [-0.2, -0.15) is 4.31 Å². The van der Waals surface area contributed by atoms with Crippen LogP contribution in [0.5, 0.6) is 5.75 Å². The van der Waals surface area contributed by atoms with Gasteiger partial charge in [0.2, 0.25) is 10.0 Å². The molecule has 0 spiro atoms. The maximum atomic E-state index is 13.3. The Kier molecular flexibility index (Phi) is 5.88. The Morgan fingerprint density at radius 3 is 2.52 bits per heavy atom. The molecule has 1 unspecified atom stereocenters. The lowest BCUT2D eigenvalue weighted by Crippen LogP contribution is -2.28. The Morgan fingerprint density at radius 2 is 1.88 bits per heavy atom. The van der Waals surface area contributed by atoms with E-state index in [2.05, 4.69) is 0 Å². The number of aliphatic carboxylic acids is 1. The standard InChI is InChI=1S/C24H29N3O5S/c1-24(2,3)32-18-5-7-19(8-6-18)33(30,31)27-11-10-16(13-27)21-14-26(15-23(28)29)22-9-4-17(25)12-20(21)22/h4-9,12,14,16H,10-11,13,15,25H2,1-3H3,(H,28,29). The average Bonchev–Trinajstić information content (AvgIpc) is 3.32. The summed E-state index contributed by atoms with van der Waals surface area (Å²) in [5.74, 6) is -0.378. The molecule has 1 aromatic heterocycles. The van der Waals surface area contributed by atoms with Gasteiger partial charge >= 0.3 is 5.97 Å². The minimum atomic E-state index is -3.66. The number of benzene rings is 2. The first kappa shape index (κ1) is 23.1. The summed E-state index contributed by atoms with van der Waals surface area (Å²) in [6, 6.07) is 11.9. The summed E-state index contributed by atoms with van der Waals surface area (Å²) >= 11 is 0. The topological polar surface area (TPSA) is 115 Å². The SMILES string of the molecule is CC(C)(C)Oc1ccc(S(=O)(=O)N2CCC(c3cn(CC(=O)O)c4ccc(N)cc34)C2)cc1. The molecule has 1 aliphatic heterocycles. The number of nitrogens with two attached hydrogens (primary N) is 1. The molecule has 2 aromatic carbocycles. The van der Waals surface area contributed by atoms with Crippen molar-refractivity contribution < 1.29 is 23.1 Å². The van der Waals surface area contributed by atoms with Crippen molar-refractivity contribution >= 4 is 32.6 Å². The van der Waals surface area contributed by atoms with Crippen LogP contribution in [-0.4, -0.2) is 47.1 Å². The van der Waals surface area contributed by atoms with Gasteiger partial charge in [0.25, 0.3) is 0 Å². The summed E-state index contributed by atoms with van der Waals surface area (Å²) in [4.78, 5) is 11.5. The van der Waals surface area contributed by atoms with Crippen LogP contribution in [0.3, 0.4) is 0 Å². The number of sulfonamides is 1. The van der Waals surface area contributed by atoms with Gasteiger partial charge in [-0.25, -0.2) is 8.42 Å². The van der Waals surface area contributed by atoms with Gasteiger partial charge in [-0.15, -0.1) is 0 Å². The number of carboxylic acid groups (broad SMARTS) is 1. The highest BCUT2D eigenvalue weighted by atomic mass is 32.2. The first-order valence-electron chi connectivity index (χ1n) is 10.8. The van der Waals surface area contributed by atoms with Gasteiger partial charge in [0.05, 0.1) is 4.90 Å². The quantitative estimate of drug-likeness (QED) is 0.530. The molecular weight excluding hydrogens is 442 g/mol. The van der Waals surface area contributed by atoms with E-state index >= 15 is 0 Å². The van der Waals surface area contributed by atoms with Crippen LogP contribution in [0, 0.1) is 0 Å². The Bertz CT molecular complexity index is 1290. The molecule has 1 fully saturated rings. The second-order valence-electron chi connectivity index (χ2n) is 9.42. The molecule has 1 atom stereocenters. The maximum Gasteiger partial charge on any atom is 0.323 e. The van der Waals surface area contributed by atoms with Gasteiger partial charge in [-0.1, -0.05) is 0 Å². The number of hydrogen-bond donors (Lipinski definition) is 2. The van der Waals surface area contributed by atoms with Crippen LogP contribution < -0.4 is 10.5 Å². The van der Waals surface area contributed by atoms with Crippen molar-refractivity contribution in [2.45, 2.75) is 50.2 Å². The van der Waals surface area contributed by atoms with Gasteiger partial charge in [0.15, 0.2) is 0 Å². The number of carboxylic acids is 1. The number of nitrogens with zero attached hydrogens (tertiary/aromatic N) is 2. The van der Waals surface area contributed by atoms with Gasteiger partial charge in [-0.3, -0.25) is 4.79 Å². The predicted octanol–water partition coefficient (Wildman–Crippen LogP) is 3.66. The van der Waals surface area contributed by atoms with Crippen LogP contribution in [0.4, 0.5) is 5.69 Å². The number of anilines is 1. The second-order valence-corrected chi connectivity index (χ2v) is 11.4. The lowest BCUT2D eigenvalue weighted by Gasteiger charge is -2.22. The molecule has 0 saturated carbocycles. The Labute approximate surface area is 193 Å². The Morgan fingerprint density at radius 1 is 1.18 bits per heavy atom. The first-order valence-corrected chi connectivity index (χ1v) is 12.3. The van der Waals surface area contributed by atoms with Crippen molar-refractivity contribution in [3.05, 3.63) is 54.2 Å². The average molecular weight is 472 g/mol. The highest BCUT2D eigenvalue weighted by Crippen LogP contribution is 2.37. The predicted molar refractivity (Wildman–Crippen MR) is 127 cm³/mol. The van der Waals surface area contributed by atoms with Crippen LogP contribution in [0.1, 0.15) is 38.7 Å². The largest absolute Gasteiger partial charge is 0.488 e. The molecule has 4 rings (SSSR count). The van der Waals surface area contributed by atoms with E-state index in [4.69, 9.17) is 10.5 Å². The summed E-state index contributed by atoms with van der Waals surface area (Å²) in [6.07, 6.45) is 2.46. The van der Waals surface area contributed by atoms with Crippen molar-refractivity contribution in [2.24, 2.45) is 0 Å². The lowest BCUT2D eigenvalue weighted by atomic mass is 9.98. The van der Waals surface area contributed by atoms with E-state index < -0.39 is 16.0 Å². The van der Waals surface area contributed by atoms with Gasteiger partial charge < -0.3 is 20.1 Å². The van der Waals surface area contributed by atoms with E-state index in [9.17, 15) is 18.3 Å². The van der Waals surface area contributed by atoms with Crippen LogP contribution >= 0.6 is 0 Å². The Balaban J connectivity index is 1.59. The van der Waals surface area contributed by atoms with Crippen molar-refractivity contribution in [3.63, 3.8) is 0 Å². The molecule has 33 heavy (non-hydrogen) atoms. The summed E-state index contributed by atoms with van der Waals surface area (Å²) < 4.78 is 35.5. The summed E-state index contributed by atoms with van der Waals surface area (Å²) in [6.45, 7) is 6.35. The molecule has 0 amide bonds. The first-order chi connectivity index (χ1) is 15.4. The van der Waals surface area contributed by atoms with Gasteiger partial charge in [-0.05, 0) is 75.2 Å². The molecule has 9 heteroatoms. The molecular formula is C24H29N3O5S. The van der Waals surface area contributed by atoms with E-state index in [0.717, 1.165) is 16.5 Å². The molecule has 8 nitrogen and oxygen atoms in total. The van der Waals surface area contributed by atoms with Crippen LogP contribution in [0.25, 0.3) is 10.9 Å². The smallest absolute Gasteiger partial charge is 0.323 e. The zero-order chi connectivity index (χ0) is 24.0. The second kappa shape index (κ2) is 8.39. The fraction of sp³-hybridized carbons (Fsp3) is 0.375. The molecule has 0 aliphatic carbocycles. The number of hydrogen-bond acceptors (Lipinski definition) is 5. The normalized spacial score (nSPS) is 17.5. The van der Waals surface area contributed by atoms with Crippen molar-refractivity contribution in [2.75, 3.05) is 18.8 Å². The fourth-order valence-corrected chi connectivity index (χ4v) is 5.83. The third kappa shape index (κ3) is 4.84. The van der Waals surface area contributed by atoms with Crippen molar-refractivity contribution in [1.29, 1.82) is 0 Å². The number of aromatic nitrogens is 1. The van der Waals surface area contributed by atoms with Crippen LogP contribution in [-0.2, 0) is 21.4 Å². The summed E-state index contributed by atoms with van der Waals surface area (Å²) in [7, 11) is -3.66. The third-order valence-electron chi connectivity index (χ3n) is 5.72. The van der Waals surface area contributed by atoms with Gasteiger partial charge in [0, 0.05) is 41.8 Å². The maximum absolute atomic E-state index is 13.3. The molecule has 0 bridgehead atoms. The lowest BCUT2D eigenvalue weighted by molar-refractivity contribution is -0.137. The van der Waals surface area contributed by atoms with Crippen LogP contribution in [0.15, 0.2) is 53.6 Å². The zero-order valence-electron chi connectivity index (χ0n) is 19.0. The molecule has 2 heterocycles. The molecule has 3 aromatic rings. The molecule has 1 saturated heterocycles. The van der Waals surface area contributed by atoms with Gasteiger partial charge in [0.1, 0.15) is 17.9 Å². The molecule has 0 radical (unpaired) electrons. The van der Waals surface area contributed by atoms with E-state index in [1.807, 2.05) is 39.1 Å². The third-order valence-corrected chi connectivity index (χ3v) is 7.60. The minimum Gasteiger partial charge on any atom is -0.488 e. The van der Waals surface area contributed by atoms with Crippen LogP contribution in [0.2, 0.25) is 0 Å². The molecule has 176 valence electrons. The molecule has 1 aliphatic rings. The number of nitrogen functional groups attached to an aromatic ring is 1. The minimum absolute atomic E-state index is 0.0531. The van der Waals surface area contributed by atoms with Crippen molar-refractivity contribution in [1.82, 2.24) is 8.87 Å². The Hall–Kier alpha value is -3.04. The van der Waals surface area contributed by atoms with E-state index in [1.54, 1.807) is 34.9 Å². The van der Waals surface area contributed by atoms with E-state index in [1.165, 1.54) is 4.31 Å². The fourth-order valence-electron chi connectivity index (χ4n) is 4.33. The monoisotopic (exact) mass is 471 g/mol. The highest BCUT2D eigenvalue weighted by molar-refractivity contribution is 7.89. The highest BCUT2D eigenvalue weighted by Gasteiger charge is 2.34. The van der Waals surface area contributed by atoms with E-state index in [-0.39, 0.29) is 23.0 Å². The number of carbonyl (C=O) groups is 1.